The van der Waals surface area contributed by atoms with Gasteiger partial charge in [-0.15, -0.1) is 11.3 Å². The number of methoxy groups -OCH3 is 1. The average molecular weight is 384 g/mol. The summed E-state index contributed by atoms with van der Waals surface area (Å²) in [6, 6.07) is 4.67. The van der Waals surface area contributed by atoms with Crippen LogP contribution in [0.2, 0.25) is 0 Å². The molecule has 1 unspecified atom stereocenters. The number of anilines is 1. The zero-order chi connectivity index (χ0) is 18.9. The van der Waals surface area contributed by atoms with Crippen LogP contribution in [0.5, 0.6) is 0 Å². The van der Waals surface area contributed by atoms with Crippen LogP contribution in [0.4, 0.5) is 23.7 Å². The van der Waals surface area contributed by atoms with Crippen molar-refractivity contribution in [2.24, 2.45) is 0 Å². The third-order valence-corrected chi connectivity index (χ3v) is 5.12. The van der Waals surface area contributed by atoms with E-state index in [4.69, 9.17) is 4.74 Å². The molecule has 138 valence electrons. The Balaban J connectivity index is 1.90. The second kappa shape index (κ2) is 6.99. The summed E-state index contributed by atoms with van der Waals surface area (Å²) in [5, 5.41) is 4.09. The first-order valence-electron chi connectivity index (χ1n) is 7.71. The monoisotopic (exact) mass is 384 g/mol. The van der Waals surface area contributed by atoms with Gasteiger partial charge in [0.1, 0.15) is 0 Å². The highest BCUT2D eigenvalue weighted by Gasteiger charge is 2.39. The molecular weight excluding hydrogens is 369 g/mol. The van der Waals surface area contributed by atoms with Gasteiger partial charge in [0.2, 0.25) is 0 Å². The van der Waals surface area contributed by atoms with E-state index in [0.717, 1.165) is 10.9 Å². The Hall–Kier alpha value is -2.55. The lowest BCUT2D eigenvalue weighted by Gasteiger charge is -2.34. The lowest BCUT2D eigenvalue weighted by Crippen LogP contribution is -2.45. The van der Waals surface area contributed by atoms with E-state index < -0.39 is 29.8 Å². The SMILES string of the molecule is COC(=O)C1c2ccsc2CCN1C(=O)Nc1ccccc1C(F)(F)F. The number of amides is 2. The van der Waals surface area contributed by atoms with E-state index in [1.165, 1.54) is 41.5 Å². The van der Waals surface area contributed by atoms with Gasteiger partial charge >= 0.3 is 18.2 Å². The van der Waals surface area contributed by atoms with Crippen molar-refractivity contribution in [2.75, 3.05) is 19.0 Å². The second-order valence-corrected chi connectivity index (χ2v) is 6.64. The highest BCUT2D eigenvalue weighted by atomic mass is 32.1. The molecule has 0 radical (unpaired) electrons. The van der Waals surface area contributed by atoms with Gasteiger partial charge in [-0.25, -0.2) is 9.59 Å². The Labute approximate surface area is 151 Å². The van der Waals surface area contributed by atoms with E-state index in [1.54, 1.807) is 11.4 Å². The van der Waals surface area contributed by atoms with Gasteiger partial charge in [-0.3, -0.25) is 0 Å². The standard InChI is InChI=1S/C17H15F3N2O3S/c1-25-15(23)14-10-7-9-26-13(10)6-8-22(14)16(24)21-12-5-3-2-4-11(12)17(18,19)20/h2-5,7,9,14H,6,8H2,1H3,(H,21,24). The van der Waals surface area contributed by atoms with Crippen molar-refractivity contribution in [1.82, 2.24) is 4.90 Å². The number of carbonyl (C=O) groups excluding carboxylic acids is 2. The summed E-state index contributed by atoms with van der Waals surface area (Å²) in [7, 11) is 1.21. The van der Waals surface area contributed by atoms with Crippen LogP contribution in [0.1, 0.15) is 22.0 Å². The van der Waals surface area contributed by atoms with E-state index in [9.17, 15) is 22.8 Å². The molecule has 1 N–H and O–H groups in total. The van der Waals surface area contributed by atoms with E-state index in [1.807, 2.05) is 0 Å². The molecule has 1 aliphatic heterocycles. The van der Waals surface area contributed by atoms with Gasteiger partial charge < -0.3 is 15.0 Å². The van der Waals surface area contributed by atoms with Crippen LogP contribution < -0.4 is 5.32 Å². The number of benzene rings is 1. The summed E-state index contributed by atoms with van der Waals surface area (Å²) in [5.74, 6) is -0.636. The van der Waals surface area contributed by atoms with Crippen molar-refractivity contribution in [3.8, 4) is 0 Å². The van der Waals surface area contributed by atoms with Gasteiger partial charge in [0.15, 0.2) is 6.04 Å². The molecule has 1 atom stereocenters. The molecule has 1 aromatic carbocycles. The molecule has 9 heteroatoms. The van der Waals surface area contributed by atoms with E-state index >= 15 is 0 Å². The molecule has 3 rings (SSSR count). The number of ether oxygens (including phenoxy) is 1. The number of thiophene rings is 1. The third kappa shape index (κ3) is 3.39. The van der Waals surface area contributed by atoms with Gasteiger partial charge in [0, 0.05) is 11.4 Å². The number of halogens is 3. The molecule has 2 aromatic rings. The smallest absolute Gasteiger partial charge is 0.418 e. The summed E-state index contributed by atoms with van der Waals surface area (Å²) in [4.78, 5) is 27.0. The van der Waals surface area contributed by atoms with Crippen LogP contribution in [0.25, 0.3) is 0 Å². The molecule has 0 bridgehead atoms. The van der Waals surface area contributed by atoms with Crippen molar-refractivity contribution in [1.29, 1.82) is 0 Å². The lowest BCUT2D eigenvalue weighted by molar-refractivity contribution is -0.146. The fourth-order valence-electron chi connectivity index (χ4n) is 2.93. The predicted octanol–water partition coefficient (Wildman–Crippen LogP) is 4.07. The molecule has 1 aromatic heterocycles. The summed E-state index contributed by atoms with van der Waals surface area (Å²) >= 11 is 1.47. The minimum absolute atomic E-state index is 0.202. The number of carbonyl (C=O) groups is 2. The fraction of sp³-hybridized carbons (Fsp3) is 0.294. The Morgan fingerprint density at radius 2 is 2.00 bits per heavy atom. The second-order valence-electron chi connectivity index (χ2n) is 5.64. The molecule has 5 nitrogen and oxygen atoms in total. The number of para-hydroxylation sites is 1. The molecule has 1 aliphatic rings. The van der Waals surface area contributed by atoms with Crippen LogP contribution in [0, 0.1) is 0 Å². The lowest BCUT2D eigenvalue weighted by atomic mass is 10.0. The third-order valence-electron chi connectivity index (χ3n) is 4.13. The van der Waals surface area contributed by atoms with Gasteiger partial charge in [-0.1, -0.05) is 12.1 Å². The zero-order valence-corrected chi connectivity index (χ0v) is 14.5. The predicted molar refractivity (Wildman–Crippen MR) is 89.9 cm³/mol. The van der Waals surface area contributed by atoms with Gasteiger partial charge in [0.25, 0.3) is 0 Å². The van der Waals surface area contributed by atoms with Crippen LogP contribution >= 0.6 is 11.3 Å². The summed E-state index contributed by atoms with van der Waals surface area (Å²) in [6.45, 7) is 0.202. The normalized spacial score (nSPS) is 16.8. The first kappa shape index (κ1) is 18.2. The maximum absolute atomic E-state index is 13.1. The minimum Gasteiger partial charge on any atom is -0.467 e. The Bertz CT molecular complexity index is 835. The number of nitrogens with one attached hydrogen (secondary N) is 1. The van der Waals surface area contributed by atoms with E-state index in [2.05, 4.69) is 5.32 Å². The van der Waals surface area contributed by atoms with Crippen molar-refractivity contribution >= 4 is 29.0 Å². The number of fused-ring (bicyclic) bond motifs is 1. The summed E-state index contributed by atoms with van der Waals surface area (Å²) in [6.07, 6.45) is -4.08. The van der Waals surface area contributed by atoms with Crippen molar-refractivity contribution < 1.29 is 27.5 Å². The van der Waals surface area contributed by atoms with E-state index in [0.29, 0.717) is 12.0 Å². The van der Waals surface area contributed by atoms with Gasteiger partial charge in [-0.05, 0) is 35.6 Å². The average Bonchev–Trinajstić information content (AvgIpc) is 3.08. The van der Waals surface area contributed by atoms with Crippen LogP contribution in [-0.4, -0.2) is 30.6 Å². The maximum Gasteiger partial charge on any atom is 0.418 e. The molecule has 0 aliphatic carbocycles. The van der Waals surface area contributed by atoms with E-state index in [-0.39, 0.29) is 12.2 Å². The Kier molecular flexibility index (Phi) is 4.90. The number of esters is 1. The first-order valence-corrected chi connectivity index (χ1v) is 8.59. The molecular formula is C17H15F3N2O3S. The summed E-state index contributed by atoms with van der Waals surface area (Å²) in [5.41, 5.74) is -0.659. The zero-order valence-electron chi connectivity index (χ0n) is 13.7. The molecule has 0 saturated carbocycles. The first-order chi connectivity index (χ1) is 12.3. The van der Waals surface area contributed by atoms with Gasteiger partial charge in [0.05, 0.1) is 18.4 Å². The maximum atomic E-state index is 13.1. The van der Waals surface area contributed by atoms with Gasteiger partial charge in [-0.2, -0.15) is 13.2 Å². The van der Waals surface area contributed by atoms with Crippen molar-refractivity contribution in [3.63, 3.8) is 0 Å². The molecule has 2 amide bonds. The number of alkyl halides is 3. The van der Waals surface area contributed by atoms with Crippen LogP contribution in [0.3, 0.4) is 0 Å². The molecule has 0 spiro atoms. The Morgan fingerprint density at radius 1 is 1.27 bits per heavy atom. The molecule has 26 heavy (non-hydrogen) atoms. The summed E-state index contributed by atoms with van der Waals surface area (Å²) < 4.78 is 44.1. The number of nitrogens with zero attached hydrogens (tertiary/aromatic N) is 1. The largest absolute Gasteiger partial charge is 0.467 e. The minimum atomic E-state index is -4.60. The topological polar surface area (TPSA) is 58.6 Å². The number of rotatable bonds is 2. The highest BCUT2D eigenvalue weighted by molar-refractivity contribution is 7.10. The Morgan fingerprint density at radius 3 is 2.69 bits per heavy atom. The highest BCUT2D eigenvalue weighted by Crippen LogP contribution is 2.37. The van der Waals surface area contributed by atoms with Crippen LogP contribution in [0.15, 0.2) is 35.7 Å². The number of hydrogen-bond donors (Lipinski definition) is 1. The molecule has 0 saturated heterocycles. The molecule has 2 heterocycles. The fourth-order valence-corrected chi connectivity index (χ4v) is 3.83. The number of urea groups is 1. The quantitative estimate of drug-likeness (QED) is 0.794. The van der Waals surface area contributed by atoms with Crippen LogP contribution in [-0.2, 0) is 22.1 Å². The van der Waals surface area contributed by atoms with Crippen molar-refractivity contribution in [3.05, 3.63) is 51.7 Å². The van der Waals surface area contributed by atoms with Crippen molar-refractivity contribution in [2.45, 2.75) is 18.6 Å². The number of hydrogen-bond acceptors (Lipinski definition) is 4. The molecule has 0 fully saturated rings.